The molecule has 3 rings (SSSR count). The normalized spacial score (nSPS) is 16.9. The molecule has 1 aliphatic rings. The molecule has 4 heteroatoms. The topological polar surface area (TPSA) is 59.2 Å². The molecule has 0 amide bonds. The van der Waals surface area contributed by atoms with E-state index in [0.29, 0.717) is 18.4 Å². The molecule has 1 aliphatic carbocycles. The summed E-state index contributed by atoms with van der Waals surface area (Å²) < 4.78 is 4.89. The predicted octanol–water partition coefficient (Wildman–Crippen LogP) is 2.12. The molecule has 1 aromatic heterocycles. The first-order chi connectivity index (χ1) is 9.17. The largest absolute Gasteiger partial charge is 0.468 e. The number of H-pyrrole nitrogens is 1. The van der Waals surface area contributed by atoms with Gasteiger partial charge in [-0.1, -0.05) is 24.6 Å². The molecular weight excluding hydrogens is 242 g/mol. The SMILES string of the molecule is COC(=O)C1(c2cc3ccccc3[nH]c2=O)CCC1. The number of benzene rings is 1. The number of hydrogen-bond donors (Lipinski definition) is 1. The minimum absolute atomic E-state index is 0.191. The summed E-state index contributed by atoms with van der Waals surface area (Å²) in [4.78, 5) is 27.1. The first kappa shape index (κ1) is 12.0. The summed E-state index contributed by atoms with van der Waals surface area (Å²) in [6.45, 7) is 0. The first-order valence-corrected chi connectivity index (χ1v) is 6.38. The summed E-state index contributed by atoms with van der Waals surface area (Å²) in [6.07, 6.45) is 2.31. The molecule has 0 unspecified atom stereocenters. The van der Waals surface area contributed by atoms with Crippen LogP contribution in [0.25, 0.3) is 10.9 Å². The Balaban J connectivity index is 2.22. The fourth-order valence-corrected chi connectivity index (χ4v) is 2.81. The van der Waals surface area contributed by atoms with Crippen molar-refractivity contribution in [2.75, 3.05) is 7.11 Å². The zero-order chi connectivity index (χ0) is 13.5. The van der Waals surface area contributed by atoms with Gasteiger partial charge in [0.25, 0.3) is 5.56 Å². The molecule has 4 nitrogen and oxygen atoms in total. The number of nitrogens with one attached hydrogen (secondary N) is 1. The highest BCUT2D eigenvalue weighted by Gasteiger charge is 2.48. The lowest BCUT2D eigenvalue weighted by Gasteiger charge is -2.38. The third-order valence-corrected chi connectivity index (χ3v) is 4.05. The van der Waals surface area contributed by atoms with E-state index in [1.54, 1.807) is 0 Å². The Morgan fingerprint density at radius 3 is 2.68 bits per heavy atom. The van der Waals surface area contributed by atoms with E-state index in [1.165, 1.54) is 7.11 Å². The maximum absolute atomic E-state index is 12.2. The molecule has 0 radical (unpaired) electrons. The maximum Gasteiger partial charge on any atom is 0.316 e. The van der Waals surface area contributed by atoms with Crippen LogP contribution in [0.5, 0.6) is 0 Å². The summed E-state index contributed by atoms with van der Waals surface area (Å²) in [5.41, 5.74) is 0.385. The molecular formula is C15H15NO3. The Kier molecular flexibility index (Phi) is 2.66. The van der Waals surface area contributed by atoms with Crippen LogP contribution in [0.1, 0.15) is 24.8 Å². The van der Waals surface area contributed by atoms with E-state index in [9.17, 15) is 9.59 Å². The number of esters is 1. The minimum Gasteiger partial charge on any atom is -0.468 e. The van der Waals surface area contributed by atoms with Crippen LogP contribution in [-0.2, 0) is 14.9 Å². The third-order valence-electron chi connectivity index (χ3n) is 4.05. The predicted molar refractivity (Wildman–Crippen MR) is 72.1 cm³/mol. The molecule has 0 saturated heterocycles. The molecule has 2 aromatic rings. The summed E-state index contributed by atoms with van der Waals surface area (Å²) in [6, 6.07) is 9.39. The van der Waals surface area contributed by atoms with Gasteiger partial charge < -0.3 is 9.72 Å². The average Bonchev–Trinajstić information content (AvgIpc) is 2.37. The van der Waals surface area contributed by atoms with Crippen molar-refractivity contribution in [3.63, 3.8) is 0 Å². The second-order valence-corrected chi connectivity index (χ2v) is 5.03. The molecule has 0 spiro atoms. The molecule has 0 atom stereocenters. The van der Waals surface area contributed by atoms with E-state index in [0.717, 1.165) is 17.3 Å². The third kappa shape index (κ3) is 1.67. The van der Waals surface area contributed by atoms with Crippen LogP contribution in [0.15, 0.2) is 35.1 Å². The number of aromatic amines is 1. The van der Waals surface area contributed by atoms with Gasteiger partial charge in [0.2, 0.25) is 0 Å². The number of carbonyl (C=O) groups excluding carboxylic acids is 1. The highest BCUT2D eigenvalue weighted by molar-refractivity contribution is 5.87. The Bertz CT molecular complexity index is 698. The van der Waals surface area contributed by atoms with Gasteiger partial charge in [0.15, 0.2) is 0 Å². The second kappa shape index (κ2) is 4.23. The van der Waals surface area contributed by atoms with Crippen molar-refractivity contribution in [3.8, 4) is 0 Å². The van der Waals surface area contributed by atoms with Crippen LogP contribution in [0, 0.1) is 0 Å². The lowest BCUT2D eigenvalue weighted by Crippen LogP contribution is -2.46. The molecule has 1 aromatic carbocycles. The zero-order valence-electron chi connectivity index (χ0n) is 10.7. The first-order valence-electron chi connectivity index (χ1n) is 6.38. The van der Waals surface area contributed by atoms with Crippen molar-refractivity contribution < 1.29 is 9.53 Å². The van der Waals surface area contributed by atoms with E-state index in [4.69, 9.17) is 4.74 Å². The van der Waals surface area contributed by atoms with Crippen molar-refractivity contribution >= 4 is 16.9 Å². The summed E-state index contributed by atoms with van der Waals surface area (Å²) in [5, 5.41) is 0.937. The van der Waals surface area contributed by atoms with Crippen LogP contribution in [0.2, 0.25) is 0 Å². The second-order valence-electron chi connectivity index (χ2n) is 5.03. The molecule has 1 saturated carbocycles. The maximum atomic E-state index is 12.2. The summed E-state index contributed by atoms with van der Waals surface area (Å²) >= 11 is 0. The van der Waals surface area contributed by atoms with Gasteiger partial charge in [0, 0.05) is 11.1 Å². The number of hydrogen-bond acceptors (Lipinski definition) is 3. The van der Waals surface area contributed by atoms with Gasteiger partial charge in [-0.3, -0.25) is 9.59 Å². The number of para-hydroxylation sites is 1. The summed E-state index contributed by atoms with van der Waals surface area (Å²) in [5.74, 6) is -0.306. The van der Waals surface area contributed by atoms with Gasteiger partial charge in [-0.15, -0.1) is 0 Å². The van der Waals surface area contributed by atoms with E-state index < -0.39 is 5.41 Å². The molecule has 1 fully saturated rings. The average molecular weight is 257 g/mol. The fourth-order valence-electron chi connectivity index (χ4n) is 2.81. The smallest absolute Gasteiger partial charge is 0.316 e. The number of ether oxygens (including phenoxy) is 1. The van der Waals surface area contributed by atoms with Crippen LogP contribution in [0.3, 0.4) is 0 Å². The quantitative estimate of drug-likeness (QED) is 0.838. The molecule has 19 heavy (non-hydrogen) atoms. The van der Waals surface area contributed by atoms with E-state index >= 15 is 0 Å². The molecule has 0 aliphatic heterocycles. The Hall–Kier alpha value is -2.10. The van der Waals surface area contributed by atoms with Gasteiger partial charge >= 0.3 is 5.97 Å². The van der Waals surface area contributed by atoms with Gasteiger partial charge in [-0.2, -0.15) is 0 Å². The highest BCUT2D eigenvalue weighted by atomic mass is 16.5. The molecule has 0 bridgehead atoms. The lowest BCUT2D eigenvalue weighted by atomic mass is 9.64. The molecule has 1 heterocycles. The van der Waals surface area contributed by atoms with Gasteiger partial charge in [0.05, 0.1) is 12.5 Å². The fraction of sp³-hybridized carbons (Fsp3) is 0.333. The Morgan fingerprint density at radius 2 is 2.05 bits per heavy atom. The van der Waals surface area contributed by atoms with Crippen molar-refractivity contribution in [1.82, 2.24) is 4.98 Å². The zero-order valence-corrected chi connectivity index (χ0v) is 10.7. The van der Waals surface area contributed by atoms with Crippen molar-refractivity contribution in [2.24, 2.45) is 0 Å². The van der Waals surface area contributed by atoms with Gasteiger partial charge in [-0.05, 0) is 30.4 Å². The number of methoxy groups -OCH3 is 1. The van der Waals surface area contributed by atoms with E-state index in [2.05, 4.69) is 4.98 Å². The number of pyridine rings is 1. The van der Waals surface area contributed by atoms with Crippen LogP contribution >= 0.6 is 0 Å². The van der Waals surface area contributed by atoms with Gasteiger partial charge in [-0.25, -0.2) is 0 Å². The van der Waals surface area contributed by atoms with E-state index in [1.807, 2.05) is 30.3 Å². The number of fused-ring (bicyclic) bond motifs is 1. The van der Waals surface area contributed by atoms with Crippen LogP contribution < -0.4 is 5.56 Å². The molecule has 98 valence electrons. The van der Waals surface area contributed by atoms with Gasteiger partial charge in [0.1, 0.15) is 0 Å². The van der Waals surface area contributed by atoms with Crippen molar-refractivity contribution in [3.05, 3.63) is 46.2 Å². The minimum atomic E-state index is -0.744. The Morgan fingerprint density at radius 1 is 1.32 bits per heavy atom. The summed E-state index contributed by atoms with van der Waals surface area (Å²) in [7, 11) is 1.37. The monoisotopic (exact) mass is 257 g/mol. The van der Waals surface area contributed by atoms with Crippen LogP contribution in [0.4, 0.5) is 0 Å². The number of rotatable bonds is 2. The number of carbonyl (C=O) groups is 1. The Labute approximate surface area is 110 Å². The van der Waals surface area contributed by atoms with Crippen molar-refractivity contribution in [1.29, 1.82) is 0 Å². The van der Waals surface area contributed by atoms with E-state index in [-0.39, 0.29) is 11.5 Å². The highest BCUT2D eigenvalue weighted by Crippen LogP contribution is 2.43. The van der Waals surface area contributed by atoms with Crippen LogP contribution in [-0.4, -0.2) is 18.1 Å². The molecule has 1 N–H and O–H groups in total. The number of aromatic nitrogens is 1. The lowest BCUT2D eigenvalue weighted by molar-refractivity contribution is -0.151. The van der Waals surface area contributed by atoms with Crippen molar-refractivity contribution in [2.45, 2.75) is 24.7 Å². The standard InChI is InChI=1S/C15H15NO3/c1-19-14(18)15(7-4-8-15)11-9-10-5-2-3-6-12(10)16-13(11)17/h2-3,5-6,9H,4,7-8H2,1H3,(H,16,17).